The molecule has 2 rings (SSSR count). The van der Waals surface area contributed by atoms with Gasteiger partial charge in [-0.1, -0.05) is 6.92 Å². The Bertz CT molecular complexity index is 477. The third-order valence-electron chi connectivity index (χ3n) is 2.53. The maximum atomic E-state index is 5.64. The molecule has 0 aliphatic heterocycles. The number of hydrogen-bond donors (Lipinski definition) is 2. The smallest absolute Gasteiger partial charge is 0.119 e. The van der Waals surface area contributed by atoms with Crippen LogP contribution in [0.1, 0.15) is 13.3 Å². The maximum absolute atomic E-state index is 5.64. The lowest BCUT2D eigenvalue weighted by molar-refractivity contribution is 0.317. The molecule has 2 aromatic carbocycles. The van der Waals surface area contributed by atoms with Gasteiger partial charge in [0.25, 0.3) is 0 Å². The number of benzene rings is 2. The molecule has 0 radical (unpaired) electrons. The van der Waals surface area contributed by atoms with Gasteiger partial charge in [0.1, 0.15) is 5.75 Å². The zero-order valence-electron chi connectivity index (χ0n) is 10.5. The van der Waals surface area contributed by atoms with E-state index in [9.17, 15) is 0 Å². The van der Waals surface area contributed by atoms with Crippen LogP contribution in [0.4, 0.5) is 17.1 Å². The average molecular weight is 242 g/mol. The molecule has 0 saturated carbocycles. The van der Waals surface area contributed by atoms with Gasteiger partial charge in [-0.3, -0.25) is 0 Å². The zero-order valence-corrected chi connectivity index (χ0v) is 10.5. The Balaban J connectivity index is 1.99. The standard InChI is InChI=1S/C15H18N2O/c1-2-11-18-15-9-7-14(8-10-15)17-13-5-3-12(16)4-6-13/h3-10,17H,2,11,16H2,1H3. The summed E-state index contributed by atoms with van der Waals surface area (Å²) >= 11 is 0. The Kier molecular flexibility index (Phi) is 4.07. The largest absolute Gasteiger partial charge is 0.494 e. The van der Waals surface area contributed by atoms with Gasteiger partial charge in [0.15, 0.2) is 0 Å². The van der Waals surface area contributed by atoms with Crippen molar-refractivity contribution >= 4 is 17.1 Å². The van der Waals surface area contributed by atoms with Crippen molar-refractivity contribution in [2.45, 2.75) is 13.3 Å². The highest BCUT2D eigenvalue weighted by molar-refractivity contribution is 5.62. The van der Waals surface area contributed by atoms with Crippen molar-refractivity contribution in [3.63, 3.8) is 0 Å². The Labute approximate surface area is 108 Å². The molecule has 0 amide bonds. The van der Waals surface area contributed by atoms with E-state index < -0.39 is 0 Å². The molecule has 0 saturated heterocycles. The minimum Gasteiger partial charge on any atom is -0.494 e. The average Bonchev–Trinajstić information content (AvgIpc) is 2.41. The van der Waals surface area contributed by atoms with Crippen molar-refractivity contribution in [3.05, 3.63) is 48.5 Å². The van der Waals surface area contributed by atoms with E-state index in [1.807, 2.05) is 48.5 Å². The summed E-state index contributed by atoms with van der Waals surface area (Å²) in [6.07, 6.45) is 1.02. The minimum atomic E-state index is 0.755. The van der Waals surface area contributed by atoms with E-state index >= 15 is 0 Å². The molecule has 0 spiro atoms. The lowest BCUT2D eigenvalue weighted by Gasteiger charge is -2.08. The van der Waals surface area contributed by atoms with Gasteiger partial charge in [-0.05, 0) is 55.0 Å². The fourth-order valence-electron chi connectivity index (χ4n) is 1.59. The van der Waals surface area contributed by atoms with Crippen LogP contribution >= 0.6 is 0 Å². The second kappa shape index (κ2) is 5.96. The molecule has 2 aromatic rings. The number of nitrogens with one attached hydrogen (secondary N) is 1. The van der Waals surface area contributed by atoms with Gasteiger partial charge in [0.05, 0.1) is 6.61 Å². The van der Waals surface area contributed by atoms with E-state index in [4.69, 9.17) is 10.5 Å². The van der Waals surface area contributed by atoms with E-state index in [2.05, 4.69) is 12.2 Å². The molecule has 0 aromatic heterocycles. The number of ether oxygens (including phenoxy) is 1. The molecule has 0 atom stereocenters. The van der Waals surface area contributed by atoms with Crippen LogP contribution in [-0.4, -0.2) is 6.61 Å². The van der Waals surface area contributed by atoms with Crippen LogP contribution in [-0.2, 0) is 0 Å². The van der Waals surface area contributed by atoms with Gasteiger partial charge in [0.2, 0.25) is 0 Å². The highest BCUT2D eigenvalue weighted by Crippen LogP contribution is 2.20. The second-order valence-electron chi connectivity index (χ2n) is 4.12. The minimum absolute atomic E-state index is 0.755. The van der Waals surface area contributed by atoms with Crippen LogP contribution in [0.5, 0.6) is 5.75 Å². The Morgan fingerprint density at radius 3 is 2.06 bits per heavy atom. The fourth-order valence-corrected chi connectivity index (χ4v) is 1.59. The first kappa shape index (κ1) is 12.3. The zero-order chi connectivity index (χ0) is 12.8. The van der Waals surface area contributed by atoms with E-state index in [1.165, 1.54) is 0 Å². The molecule has 0 fully saturated rings. The maximum Gasteiger partial charge on any atom is 0.119 e. The van der Waals surface area contributed by atoms with E-state index in [1.54, 1.807) is 0 Å². The summed E-state index contributed by atoms with van der Waals surface area (Å²) in [6, 6.07) is 15.6. The molecular weight excluding hydrogens is 224 g/mol. The summed E-state index contributed by atoms with van der Waals surface area (Å²) in [7, 11) is 0. The first-order valence-electron chi connectivity index (χ1n) is 6.13. The third-order valence-corrected chi connectivity index (χ3v) is 2.53. The monoisotopic (exact) mass is 242 g/mol. The van der Waals surface area contributed by atoms with Crippen molar-refractivity contribution in [1.82, 2.24) is 0 Å². The Morgan fingerprint density at radius 1 is 0.944 bits per heavy atom. The fraction of sp³-hybridized carbons (Fsp3) is 0.200. The van der Waals surface area contributed by atoms with Crippen molar-refractivity contribution < 1.29 is 4.74 Å². The van der Waals surface area contributed by atoms with Crippen molar-refractivity contribution in [3.8, 4) is 5.75 Å². The molecule has 3 N–H and O–H groups in total. The summed E-state index contributed by atoms with van der Waals surface area (Å²) in [4.78, 5) is 0. The number of anilines is 3. The molecule has 0 bridgehead atoms. The summed E-state index contributed by atoms with van der Waals surface area (Å²) in [6.45, 7) is 2.85. The number of hydrogen-bond acceptors (Lipinski definition) is 3. The van der Waals surface area contributed by atoms with Crippen LogP contribution in [0, 0.1) is 0 Å². The molecule has 0 aliphatic carbocycles. The van der Waals surface area contributed by atoms with Gasteiger partial charge in [0, 0.05) is 17.1 Å². The lowest BCUT2D eigenvalue weighted by atomic mass is 10.2. The predicted octanol–water partition coefficient (Wildman–Crippen LogP) is 3.80. The molecule has 3 nitrogen and oxygen atoms in total. The van der Waals surface area contributed by atoms with Gasteiger partial charge >= 0.3 is 0 Å². The summed E-state index contributed by atoms with van der Waals surface area (Å²) < 4.78 is 5.53. The van der Waals surface area contributed by atoms with E-state index in [-0.39, 0.29) is 0 Å². The van der Waals surface area contributed by atoms with Crippen molar-refractivity contribution in [2.75, 3.05) is 17.7 Å². The number of rotatable bonds is 5. The molecular formula is C15H18N2O. The van der Waals surface area contributed by atoms with Crippen molar-refractivity contribution in [2.24, 2.45) is 0 Å². The highest BCUT2D eigenvalue weighted by Gasteiger charge is 1.96. The SMILES string of the molecule is CCCOc1ccc(Nc2ccc(N)cc2)cc1. The second-order valence-corrected chi connectivity index (χ2v) is 4.12. The summed E-state index contributed by atoms with van der Waals surface area (Å²) in [5.41, 5.74) is 8.46. The van der Waals surface area contributed by atoms with Crippen LogP contribution in [0.25, 0.3) is 0 Å². The van der Waals surface area contributed by atoms with Gasteiger partial charge < -0.3 is 15.8 Å². The van der Waals surface area contributed by atoms with Crippen LogP contribution < -0.4 is 15.8 Å². The van der Waals surface area contributed by atoms with Crippen LogP contribution in [0.2, 0.25) is 0 Å². The summed E-state index contributed by atoms with van der Waals surface area (Å²) in [5.74, 6) is 0.903. The van der Waals surface area contributed by atoms with Gasteiger partial charge in [-0.25, -0.2) is 0 Å². The molecule has 0 aliphatic rings. The normalized spacial score (nSPS) is 10.1. The lowest BCUT2D eigenvalue weighted by Crippen LogP contribution is -1.95. The molecule has 94 valence electrons. The molecule has 3 heteroatoms. The highest BCUT2D eigenvalue weighted by atomic mass is 16.5. The quantitative estimate of drug-likeness (QED) is 0.784. The van der Waals surface area contributed by atoms with Gasteiger partial charge in [-0.15, -0.1) is 0 Å². The van der Waals surface area contributed by atoms with Crippen LogP contribution in [0.15, 0.2) is 48.5 Å². The first-order chi connectivity index (χ1) is 8.78. The van der Waals surface area contributed by atoms with E-state index in [0.29, 0.717) is 0 Å². The number of nitrogens with two attached hydrogens (primary N) is 1. The van der Waals surface area contributed by atoms with Crippen molar-refractivity contribution in [1.29, 1.82) is 0 Å². The Hall–Kier alpha value is -2.16. The molecule has 0 unspecified atom stereocenters. The predicted molar refractivity (Wildman–Crippen MR) is 76.4 cm³/mol. The van der Waals surface area contributed by atoms with E-state index in [0.717, 1.165) is 35.8 Å². The first-order valence-corrected chi connectivity index (χ1v) is 6.13. The van der Waals surface area contributed by atoms with Gasteiger partial charge in [-0.2, -0.15) is 0 Å². The topological polar surface area (TPSA) is 47.3 Å². The summed E-state index contributed by atoms with van der Waals surface area (Å²) in [5, 5.41) is 3.30. The number of nitrogen functional groups attached to an aromatic ring is 1. The molecule has 18 heavy (non-hydrogen) atoms. The Morgan fingerprint density at radius 2 is 1.50 bits per heavy atom. The molecule has 0 heterocycles. The van der Waals surface area contributed by atoms with Crippen LogP contribution in [0.3, 0.4) is 0 Å². The third kappa shape index (κ3) is 3.42.